The average Bonchev–Trinajstić information content (AvgIpc) is 2.61. The lowest BCUT2D eigenvalue weighted by atomic mass is 9.85. The number of methoxy groups -OCH3 is 1. The van der Waals surface area contributed by atoms with E-state index in [1.165, 1.54) is 13.2 Å². The number of benzene rings is 1. The summed E-state index contributed by atoms with van der Waals surface area (Å²) in [5.41, 5.74) is 1.14. The van der Waals surface area contributed by atoms with Crippen LogP contribution in [0.5, 0.6) is 0 Å². The first-order chi connectivity index (χ1) is 12.6. The third kappa shape index (κ3) is 7.22. The molecule has 1 aromatic carbocycles. The summed E-state index contributed by atoms with van der Waals surface area (Å²) < 4.78 is 11.0. The molecular weight excluding hydrogens is 352 g/mol. The molecule has 0 spiro atoms. The number of rotatable bonds is 8. The van der Waals surface area contributed by atoms with Crippen LogP contribution >= 0.6 is 0 Å². The van der Waals surface area contributed by atoms with Crippen molar-refractivity contribution in [1.29, 1.82) is 0 Å². The second-order valence-corrected chi connectivity index (χ2v) is 12.9. The van der Waals surface area contributed by atoms with Crippen LogP contribution in [0, 0.1) is 5.92 Å². The number of allylic oxidation sites excluding steroid dienone is 4. The number of carbonyl (C=O) groups excluding carboxylic acids is 1. The van der Waals surface area contributed by atoms with Crippen molar-refractivity contribution >= 4 is 14.3 Å². The topological polar surface area (TPSA) is 35.5 Å². The minimum Gasteiger partial charge on any atom is -0.549 e. The number of carbonyl (C=O) groups is 1. The highest BCUT2D eigenvalue weighted by Crippen LogP contribution is 2.37. The van der Waals surface area contributed by atoms with E-state index >= 15 is 0 Å². The predicted molar refractivity (Wildman–Crippen MR) is 116 cm³/mol. The highest BCUT2D eigenvalue weighted by molar-refractivity contribution is 6.74. The van der Waals surface area contributed by atoms with Crippen molar-refractivity contribution in [3.63, 3.8) is 0 Å². The molecule has 0 aliphatic rings. The van der Waals surface area contributed by atoms with Crippen LogP contribution in [0.4, 0.5) is 0 Å². The molecule has 0 unspecified atom stereocenters. The Kier molecular flexibility index (Phi) is 8.77. The van der Waals surface area contributed by atoms with Gasteiger partial charge >= 0.3 is 5.97 Å². The summed E-state index contributed by atoms with van der Waals surface area (Å²) in [5, 5.41) is 0.150. The first-order valence-electron chi connectivity index (χ1n) is 9.41. The lowest BCUT2D eigenvalue weighted by Gasteiger charge is -2.35. The van der Waals surface area contributed by atoms with Gasteiger partial charge in [-0.2, -0.15) is 0 Å². The molecule has 1 aromatic rings. The first kappa shape index (κ1) is 23.0. The van der Waals surface area contributed by atoms with Gasteiger partial charge in [0.15, 0.2) is 0 Å². The maximum Gasteiger partial charge on any atom is 0.330 e. The Morgan fingerprint density at radius 3 is 2.22 bits per heavy atom. The van der Waals surface area contributed by atoms with Crippen LogP contribution < -0.4 is 0 Å². The van der Waals surface area contributed by atoms with Crippen LogP contribution in [0.3, 0.4) is 0 Å². The van der Waals surface area contributed by atoms with E-state index in [0.717, 1.165) is 5.56 Å². The molecular formula is C23H34O3Si. The molecule has 0 bridgehead atoms. The number of esters is 1. The SMILES string of the molecule is C/C=C/[C@H](/C=C\O[Si](C)(C)C(C)(C)C)[C@@H](/C=C/C(=O)OC)c1ccccc1. The van der Waals surface area contributed by atoms with E-state index in [1.807, 2.05) is 43.5 Å². The molecule has 0 N–H and O–H groups in total. The quantitative estimate of drug-likeness (QED) is 0.175. The second-order valence-electron chi connectivity index (χ2n) is 8.13. The van der Waals surface area contributed by atoms with Crippen LogP contribution in [0.25, 0.3) is 0 Å². The molecule has 0 amide bonds. The highest BCUT2D eigenvalue weighted by Gasteiger charge is 2.38. The van der Waals surface area contributed by atoms with E-state index in [-0.39, 0.29) is 22.8 Å². The van der Waals surface area contributed by atoms with E-state index in [0.29, 0.717) is 0 Å². The molecule has 0 aliphatic heterocycles. The minimum absolute atomic E-state index is 0.0146. The second kappa shape index (κ2) is 10.3. The zero-order valence-electron chi connectivity index (χ0n) is 17.7. The summed E-state index contributed by atoms with van der Waals surface area (Å²) >= 11 is 0. The summed E-state index contributed by atoms with van der Waals surface area (Å²) in [7, 11) is -0.464. The van der Waals surface area contributed by atoms with Crippen molar-refractivity contribution in [2.24, 2.45) is 5.92 Å². The molecule has 3 nitrogen and oxygen atoms in total. The van der Waals surface area contributed by atoms with Gasteiger partial charge in [0.1, 0.15) is 0 Å². The van der Waals surface area contributed by atoms with E-state index in [4.69, 9.17) is 9.16 Å². The zero-order chi connectivity index (χ0) is 20.5. The van der Waals surface area contributed by atoms with Gasteiger partial charge in [-0.1, -0.05) is 69.3 Å². The minimum atomic E-state index is -1.85. The standard InChI is InChI=1S/C23H34O3Si/c1-8-12-19(17-18-26-27(6,7)23(2,3)4)21(15-16-22(24)25-5)20-13-10-9-11-14-20/h8-19,21H,1-7H3/b12-8+,16-15+,18-17-/t19-,21-/m1/s1. The van der Waals surface area contributed by atoms with E-state index in [1.54, 1.807) is 0 Å². The van der Waals surface area contributed by atoms with Gasteiger partial charge in [-0.3, -0.25) is 0 Å². The van der Waals surface area contributed by atoms with Crippen LogP contribution in [0.15, 0.2) is 67.0 Å². The largest absolute Gasteiger partial charge is 0.549 e. The molecule has 148 valence electrons. The Bertz CT molecular complexity index is 667. The summed E-state index contributed by atoms with van der Waals surface area (Å²) in [6.45, 7) is 13.1. The lowest BCUT2D eigenvalue weighted by molar-refractivity contribution is -0.134. The van der Waals surface area contributed by atoms with Gasteiger partial charge in [-0.05, 0) is 36.7 Å². The lowest BCUT2D eigenvalue weighted by Crippen LogP contribution is -2.39. The zero-order valence-corrected chi connectivity index (χ0v) is 18.7. The Morgan fingerprint density at radius 2 is 1.70 bits per heavy atom. The summed E-state index contributed by atoms with van der Waals surface area (Å²) in [6, 6.07) is 10.2. The van der Waals surface area contributed by atoms with Crippen LogP contribution in [-0.2, 0) is 14.0 Å². The van der Waals surface area contributed by atoms with Crippen molar-refractivity contribution in [3.8, 4) is 0 Å². The van der Waals surface area contributed by atoms with Gasteiger partial charge in [0.25, 0.3) is 0 Å². The van der Waals surface area contributed by atoms with Crippen LogP contribution in [-0.4, -0.2) is 21.4 Å². The summed E-state index contributed by atoms with van der Waals surface area (Å²) in [4.78, 5) is 11.6. The van der Waals surface area contributed by atoms with Crippen molar-refractivity contribution < 1.29 is 14.0 Å². The Balaban J connectivity index is 3.14. The highest BCUT2D eigenvalue weighted by atomic mass is 28.4. The van der Waals surface area contributed by atoms with Crippen molar-refractivity contribution in [2.75, 3.05) is 7.11 Å². The van der Waals surface area contributed by atoms with Gasteiger partial charge in [-0.15, -0.1) is 0 Å². The fourth-order valence-electron chi connectivity index (χ4n) is 2.39. The van der Waals surface area contributed by atoms with Gasteiger partial charge < -0.3 is 9.16 Å². The summed E-state index contributed by atoms with van der Waals surface area (Å²) in [5.74, 6) is -0.263. The maximum atomic E-state index is 11.6. The molecule has 0 aliphatic carbocycles. The van der Waals surface area contributed by atoms with E-state index in [9.17, 15) is 4.79 Å². The molecule has 27 heavy (non-hydrogen) atoms. The van der Waals surface area contributed by atoms with Gasteiger partial charge in [0.2, 0.25) is 8.32 Å². The third-order valence-electron chi connectivity index (χ3n) is 5.12. The summed E-state index contributed by atoms with van der Waals surface area (Å²) in [6.07, 6.45) is 11.5. The number of ether oxygens (including phenoxy) is 1. The van der Waals surface area contributed by atoms with Gasteiger partial charge in [0, 0.05) is 17.9 Å². The molecule has 2 atom stereocenters. The average molecular weight is 387 g/mol. The van der Waals surface area contributed by atoms with Crippen molar-refractivity contribution in [1.82, 2.24) is 0 Å². The predicted octanol–water partition coefficient (Wildman–Crippen LogP) is 6.23. The Labute approximate surface area is 165 Å². The van der Waals surface area contributed by atoms with E-state index in [2.05, 4.69) is 58.2 Å². The van der Waals surface area contributed by atoms with Gasteiger partial charge in [0.05, 0.1) is 13.4 Å². The fraction of sp³-hybridized carbons (Fsp3) is 0.435. The number of hydrogen-bond donors (Lipinski definition) is 0. The monoisotopic (exact) mass is 386 g/mol. The normalized spacial score (nSPS) is 15.4. The van der Waals surface area contributed by atoms with E-state index < -0.39 is 8.32 Å². The Morgan fingerprint density at radius 1 is 1.07 bits per heavy atom. The maximum absolute atomic E-state index is 11.6. The van der Waals surface area contributed by atoms with Crippen LogP contribution in [0.1, 0.15) is 39.2 Å². The molecule has 4 heteroatoms. The molecule has 0 saturated carbocycles. The first-order valence-corrected chi connectivity index (χ1v) is 12.3. The molecule has 0 saturated heterocycles. The van der Waals surface area contributed by atoms with Crippen molar-refractivity contribution in [2.45, 2.75) is 51.7 Å². The molecule has 0 fully saturated rings. The molecule has 0 radical (unpaired) electrons. The van der Waals surface area contributed by atoms with Crippen LogP contribution in [0.2, 0.25) is 18.1 Å². The third-order valence-corrected chi connectivity index (χ3v) is 9.46. The number of hydrogen-bond acceptors (Lipinski definition) is 3. The molecule has 0 aromatic heterocycles. The van der Waals surface area contributed by atoms with Gasteiger partial charge in [-0.25, -0.2) is 4.79 Å². The smallest absolute Gasteiger partial charge is 0.330 e. The fourth-order valence-corrected chi connectivity index (χ4v) is 3.16. The van der Waals surface area contributed by atoms with Crippen molar-refractivity contribution in [3.05, 3.63) is 72.5 Å². The molecule has 1 rings (SSSR count). The molecule has 0 heterocycles. The Hall–Kier alpha value is -2.07.